The molecule has 1 nitrogen and oxygen atoms in total. The zero-order chi connectivity index (χ0) is 14.9. The molecule has 0 heterocycles. The fraction of sp³-hybridized carbons (Fsp3) is 1.00. The summed E-state index contributed by atoms with van der Waals surface area (Å²) in [6.07, 6.45) is 17.8. The van der Waals surface area contributed by atoms with Gasteiger partial charge in [-0.1, -0.05) is 71.6 Å². The molecule has 0 amide bonds. The fourth-order valence-electron chi connectivity index (χ4n) is 5.06. The predicted octanol–water partition coefficient (Wildman–Crippen LogP) is 5.79. The number of hydrogen-bond donors (Lipinski definition) is 1. The van der Waals surface area contributed by atoms with E-state index in [1.165, 1.54) is 83.7 Å². The molecular formula is C20H39N. The van der Waals surface area contributed by atoms with Crippen LogP contribution in [0.25, 0.3) is 0 Å². The number of hydrogen-bond acceptors (Lipinski definition) is 1. The summed E-state index contributed by atoms with van der Waals surface area (Å²) in [6, 6.07) is 0. The Labute approximate surface area is 133 Å². The highest BCUT2D eigenvalue weighted by Crippen LogP contribution is 2.43. The van der Waals surface area contributed by atoms with Gasteiger partial charge in [-0.15, -0.1) is 0 Å². The van der Waals surface area contributed by atoms with Crippen molar-refractivity contribution < 1.29 is 0 Å². The third-order valence-corrected chi connectivity index (χ3v) is 6.19. The van der Waals surface area contributed by atoms with Gasteiger partial charge in [0.05, 0.1) is 0 Å². The largest absolute Gasteiger partial charge is 0.316 e. The molecule has 3 atom stereocenters. The number of nitrogens with one attached hydrogen (secondary N) is 1. The summed E-state index contributed by atoms with van der Waals surface area (Å²) in [5, 5.41) is 3.74. The molecule has 2 saturated carbocycles. The van der Waals surface area contributed by atoms with Crippen LogP contribution in [0.2, 0.25) is 0 Å². The Bertz CT molecular complexity index is 255. The average Bonchev–Trinajstić information content (AvgIpc) is 2.78. The van der Waals surface area contributed by atoms with Crippen LogP contribution in [-0.4, -0.2) is 13.1 Å². The molecule has 0 saturated heterocycles. The van der Waals surface area contributed by atoms with E-state index in [1.54, 1.807) is 6.42 Å². The second-order valence-corrected chi connectivity index (χ2v) is 7.85. The number of rotatable bonds is 7. The first kappa shape index (κ1) is 17.3. The molecule has 2 rings (SSSR count). The molecule has 2 fully saturated rings. The molecule has 0 bridgehead atoms. The minimum atomic E-state index is 0.979. The van der Waals surface area contributed by atoms with Crippen molar-refractivity contribution in [1.82, 2.24) is 5.32 Å². The molecule has 0 aromatic heterocycles. The standard InChI is InChI=1S/C20H39N/c1-3-9-17-12-13-19(16-21-14-4-2)20(15-17)18-10-7-5-6-8-11-18/h17-21H,3-16H2,1-2H3. The topological polar surface area (TPSA) is 12.0 Å². The Morgan fingerprint density at radius 2 is 1.62 bits per heavy atom. The Hall–Kier alpha value is -0.0400. The van der Waals surface area contributed by atoms with Crippen LogP contribution >= 0.6 is 0 Å². The summed E-state index contributed by atoms with van der Waals surface area (Å²) >= 11 is 0. The lowest BCUT2D eigenvalue weighted by atomic mass is 9.66. The minimum Gasteiger partial charge on any atom is -0.316 e. The Kier molecular flexibility index (Phi) is 8.14. The van der Waals surface area contributed by atoms with E-state index in [-0.39, 0.29) is 0 Å². The van der Waals surface area contributed by atoms with Crippen molar-refractivity contribution in [3.05, 3.63) is 0 Å². The first-order valence-electron chi connectivity index (χ1n) is 10.1. The van der Waals surface area contributed by atoms with Crippen LogP contribution in [0.3, 0.4) is 0 Å². The van der Waals surface area contributed by atoms with Crippen LogP contribution in [0.5, 0.6) is 0 Å². The van der Waals surface area contributed by atoms with Gasteiger partial charge in [-0.25, -0.2) is 0 Å². The molecule has 0 aromatic carbocycles. The van der Waals surface area contributed by atoms with Crippen molar-refractivity contribution in [2.45, 2.75) is 90.9 Å². The Balaban J connectivity index is 1.93. The van der Waals surface area contributed by atoms with Crippen molar-refractivity contribution >= 4 is 0 Å². The van der Waals surface area contributed by atoms with E-state index < -0.39 is 0 Å². The smallest absolute Gasteiger partial charge is 0.00178 e. The maximum absolute atomic E-state index is 3.74. The van der Waals surface area contributed by atoms with Crippen LogP contribution in [0.1, 0.15) is 90.9 Å². The fourth-order valence-corrected chi connectivity index (χ4v) is 5.06. The van der Waals surface area contributed by atoms with E-state index in [0.717, 1.165) is 23.7 Å². The SMILES string of the molecule is CCCNCC1CCC(CCC)CC1C1CCCCCC1. The normalized spacial score (nSPS) is 32.0. The minimum absolute atomic E-state index is 0.979. The van der Waals surface area contributed by atoms with E-state index >= 15 is 0 Å². The maximum Gasteiger partial charge on any atom is -0.00178 e. The van der Waals surface area contributed by atoms with E-state index in [4.69, 9.17) is 0 Å². The van der Waals surface area contributed by atoms with Gasteiger partial charge in [0.1, 0.15) is 0 Å². The molecule has 1 heteroatoms. The lowest BCUT2D eigenvalue weighted by Gasteiger charge is -2.41. The van der Waals surface area contributed by atoms with E-state index in [9.17, 15) is 0 Å². The van der Waals surface area contributed by atoms with Crippen LogP contribution in [0.15, 0.2) is 0 Å². The van der Waals surface area contributed by atoms with Gasteiger partial charge < -0.3 is 5.32 Å². The zero-order valence-electron chi connectivity index (χ0n) is 14.7. The molecule has 2 aliphatic carbocycles. The third-order valence-electron chi connectivity index (χ3n) is 6.19. The van der Waals surface area contributed by atoms with Crippen LogP contribution in [0, 0.1) is 23.7 Å². The molecule has 124 valence electrons. The zero-order valence-corrected chi connectivity index (χ0v) is 14.7. The molecule has 1 N–H and O–H groups in total. The van der Waals surface area contributed by atoms with Crippen molar-refractivity contribution in [1.29, 1.82) is 0 Å². The van der Waals surface area contributed by atoms with E-state index in [2.05, 4.69) is 19.2 Å². The quantitative estimate of drug-likeness (QED) is 0.463. The summed E-state index contributed by atoms with van der Waals surface area (Å²) in [6.45, 7) is 7.17. The summed E-state index contributed by atoms with van der Waals surface area (Å²) in [4.78, 5) is 0. The van der Waals surface area contributed by atoms with Gasteiger partial charge in [-0.2, -0.15) is 0 Å². The lowest BCUT2D eigenvalue weighted by molar-refractivity contribution is 0.104. The average molecular weight is 294 g/mol. The van der Waals surface area contributed by atoms with Gasteiger partial charge in [-0.3, -0.25) is 0 Å². The molecule has 0 aliphatic heterocycles. The third kappa shape index (κ3) is 5.58. The first-order valence-corrected chi connectivity index (χ1v) is 10.1. The molecule has 0 spiro atoms. The maximum atomic E-state index is 3.74. The molecular weight excluding hydrogens is 254 g/mol. The first-order chi connectivity index (χ1) is 10.3. The Morgan fingerprint density at radius 3 is 2.29 bits per heavy atom. The summed E-state index contributed by atoms with van der Waals surface area (Å²) in [7, 11) is 0. The highest BCUT2D eigenvalue weighted by molar-refractivity contribution is 4.86. The van der Waals surface area contributed by atoms with Crippen molar-refractivity contribution in [2.75, 3.05) is 13.1 Å². The molecule has 0 radical (unpaired) electrons. The van der Waals surface area contributed by atoms with Gasteiger partial charge in [0.15, 0.2) is 0 Å². The van der Waals surface area contributed by atoms with E-state index in [1.807, 2.05) is 0 Å². The lowest BCUT2D eigenvalue weighted by Crippen LogP contribution is -2.37. The van der Waals surface area contributed by atoms with Gasteiger partial charge in [-0.05, 0) is 56.0 Å². The highest BCUT2D eigenvalue weighted by atomic mass is 14.9. The van der Waals surface area contributed by atoms with E-state index in [0.29, 0.717) is 0 Å². The van der Waals surface area contributed by atoms with Crippen molar-refractivity contribution in [3.63, 3.8) is 0 Å². The second-order valence-electron chi connectivity index (χ2n) is 7.85. The van der Waals surface area contributed by atoms with Gasteiger partial charge in [0, 0.05) is 0 Å². The van der Waals surface area contributed by atoms with Crippen LogP contribution in [-0.2, 0) is 0 Å². The molecule has 3 unspecified atom stereocenters. The highest BCUT2D eigenvalue weighted by Gasteiger charge is 2.34. The van der Waals surface area contributed by atoms with Gasteiger partial charge in [0.25, 0.3) is 0 Å². The second kappa shape index (κ2) is 9.87. The molecule has 0 aromatic rings. The summed E-state index contributed by atoms with van der Waals surface area (Å²) in [5.74, 6) is 4.12. The van der Waals surface area contributed by atoms with Gasteiger partial charge >= 0.3 is 0 Å². The summed E-state index contributed by atoms with van der Waals surface area (Å²) in [5.41, 5.74) is 0. The van der Waals surface area contributed by atoms with Crippen molar-refractivity contribution in [2.24, 2.45) is 23.7 Å². The van der Waals surface area contributed by atoms with Gasteiger partial charge in [0.2, 0.25) is 0 Å². The molecule has 2 aliphatic rings. The van der Waals surface area contributed by atoms with Crippen molar-refractivity contribution in [3.8, 4) is 0 Å². The summed E-state index contributed by atoms with van der Waals surface area (Å²) < 4.78 is 0. The predicted molar refractivity (Wildman–Crippen MR) is 93.6 cm³/mol. The molecule has 21 heavy (non-hydrogen) atoms. The monoisotopic (exact) mass is 293 g/mol. The van der Waals surface area contributed by atoms with Crippen LogP contribution < -0.4 is 5.32 Å². The van der Waals surface area contributed by atoms with Crippen LogP contribution in [0.4, 0.5) is 0 Å². The Morgan fingerprint density at radius 1 is 0.857 bits per heavy atom.